The lowest BCUT2D eigenvalue weighted by atomic mass is 10.2. The molecule has 1 aromatic carbocycles. The Bertz CT molecular complexity index is 410. The number of nitrogens with zero attached hydrogens (tertiary/aromatic N) is 1. The molecule has 0 unspecified atom stereocenters. The third-order valence-electron chi connectivity index (χ3n) is 1.94. The summed E-state index contributed by atoms with van der Waals surface area (Å²) in [5, 5.41) is 13.6. The maximum atomic E-state index is 13.2. The first kappa shape index (κ1) is 12.9. The first-order chi connectivity index (χ1) is 7.41. The number of nitro groups is 1. The van der Waals surface area contributed by atoms with Gasteiger partial charge in [0.1, 0.15) is 11.5 Å². The maximum absolute atomic E-state index is 13.2. The number of hydrogen-bond donors (Lipinski definition) is 1. The molecule has 0 bridgehead atoms. The summed E-state index contributed by atoms with van der Waals surface area (Å²) in [6.07, 6.45) is 0. The zero-order valence-corrected chi connectivity index (χ0v) is 10.5. The smallest absolute Gasteiger partial charge is 0.293 e. The number of nitro benzene ring substituents is 1. The Morgan fingerprint density at radius 3 is 2.69 bits per heavy atom. The van der Waals surface area contributed by atoms with Gasteiger partial charge in [0, 0.05) is 18.7 Å². The van der Waals surface area contributed by atoms with Gasteiger partial charge in [-0.15, -0.1) is 0 Å². The van der Waals surface area contributed by atoms with E-state index in [1.165, 1.54) is 0 Å². The van der Waals surface area contributed by atoms with Crippen LogP contribution in [0.5, 0.6) is 0 Å². The van der Waals surface area contributed by atoms with Crippen LogP contribution in [-0.4, -0.2) is 11.5 Å². The molecule has 1 aromatic rings. The van der Waals surface area contributed by atoms with Crippen LogP contribution in [0.3, 0.4) is 0 Å². The second-order valence-electron chi connectivity index (χ2n) is 3.82. The summed E-state index contributed by atoms with van der Waals surface area (Å²) in [6.45, 7) is 4.49. The molecule has 0 spiro atoms. The summed E-state index contributed by atoms with van der Waals surface area (Å²) in [5.74, 6) is -0.192. The Kier molecular flexibility index (Phi) is 4.23. The molecule has 0 fully saturated rings. The van der Waals surface area contributed by atoms with Gasteiger partial charge in [-0.05, 0) is 21.8 Å². The highest BCUT2D eigenvalue weighted by atomic mass is 79.9. The fourth-order valence-corrected chi connectivity index (χ4v) is 1.47. The van der Waals surface area contributed by atoms with Crippen molar-refractivity contribution in [2.75, 3.05) is 11.9 Å². The molecular weight excluding hydrogens is 279 g/mol. The zero-order chi connectivity index (χ0) is 12.3. The molecule has 1 rings (SSSR count). The predicted molar refractivity (Wildman–Crippen MR) is 64.1 cm³/mol. The van der Waals surface area contributed by atoms with Gasteiger partial charge in [-0.2, -0.15) is 0 Å². The average molecular weight is 291 g/mol. The van der Waals surface area contributed by atoms with Crippen molar-refractivity contribution in [3.63, 3.8) is 0 Å². The molecule has 88 valence electrons. The highest BCUT2D eigenvalue weighted by Crippen LogP contribution is 2.30. The van der Waals surface area contributed by atoms with Gasteiger partial charge < -0.3 is 5.32 Å². The van der Waals surface area contributed by atoms with E-state index in [-0.39, 0.29) is 15.8 Å². The third kappa shape index (κ3) is 3.16. The topological polar surface area (TPSA) is 55.2 Å². The normalized spacial score (nSPS) is 10.6. The molecular formula is C10H12BrFN2O2. The zero-order valence-electron chi connectivity index (χ0n) is 8.96. The van der Waals surface area contributed by atoms with Crippen molar-refractivity contribution in [3.05, 3.63) is 32.5 Å². The van der Waals surface area contributed by atoms with Crippen LogP contribution in [-0.2, 0) is 0 Å². The van der Waals surface area contributed by atoms with Gasteiger partial charge in [0.05, 0.1) is 9.40 Å². The van der Waals surface area contributed by atoms with E-state index in [1.807, 2.05) is 13.8 Å². The highest BCUT2D eigenvalue weighted by molar-refractivity contribution is 9.10. The molecule has 1 N–H and O–H groups in total. The van der Waals surface area contributed by atoms with Crippen LogP contribution in [0, 0.1) is 21.8 Å². The van der Waals surface area contributed by atoms with E-state index < -0.39 is 10.7 Å². The van der Waals surface area contributed by atoms with Crippen molar-refractivity contribution in [2.45, 2.75) is 13.8 Å². The number of hydrogen-bond acceptors (Lipinski definition) is 3. The van der Waals surface area contributed by atoms with Crippen molar-refractivity contribution < 1.29 is 9.31 Å². The lowest BCUT2D eigenvalue weighted by Gasteiger charge is -2.09. The Morgan fingerprint density at radius 1 is 1.56 bits per heavy atom. The van der Waals surface area contributed by atoms with Gasteiger partial charge in [-0.25, -0.2) is 4.39 Å². The monoisotopic (exact) mass is 290 g/mol. The van der Waals surface area contributed by atoms with E-state index in [4.69, 9.17) is 0 Å². The SMILES string of the molecule is CC(C)CNc1cc(F)c(Br)cc1[N+](=O)[O-]. The fraction of sp³-hybridized carbons (Fsp3) is 0.400. The molecule has 0 aliphatic carbocycles. The second kappa shape index (κ2) is 5.25. The average Bonchev–Trinajstić information content (AvgIpc) is 2.18. The molecule has 0 saturated carbocycles. The minimum atomic E-state index is -0.535. The second-order valence-corrected chi connectivity index (χ2v) is 4.67. The van der Waals surface area contributed by atoms with Crippen LogP contribution in [0.2, 0.25) is 0 Å². The molecule has 0 amide bonds. The quantitative estimate of drug-likeness (QED) is 0.681. The Labute approximate surface area is 101 Å². The molecule has 6 heteroatoms. The lowest BCUT2D eigenvalue weighted by Crippen LogP contribution is -2.09. The van der Waals surface area contributed by atoms with E-state index in [2.05, 4.69) is 21.2 Å². The number of benzene rings is 1. The van der Waals surface area contributed by atoms with E-state index in [0.717, 1.165) is 12.1 Å². The van der Waals surface area contributed by atoms with Gasteiger partial charge in [0.15, 0.2) is 0 Å². The summed E-state index contributed by atoms with van der Waals surface area (Å²) >= 11 is 2.92. The van der Waals surface area contributed by atoms with Crippen molar-refractivity contribution >= 4 is 27.3 Å². The molecule has 0 saturated heterocycles. The van der Waals surface area contributed by atoms with Crippen molar-refractivity contribution in [1.29, 1.82) is 0 Å². The number of halogens is 2. The van der Waals surface area contributed by atoms with Gasteiger partial charge in [-0.1, -0.05) is 13.8 Å². The van der Waals surface area contributed by atoms with E-state index in [0.29, 0.717) is 12.5 Å². The van der Waals surface area contributed by atoms with Gasteiger partial charge in [0.25, 0.3) is 5.69 Å². The van der Waals surface area contributed by atoms with Gasteiger partial charge in [0.2, 0.25) is 0 Å². The number of rotatable bonds is 4. The van der Waals surface area contributed by atoms with Gasteiger partial charge >= 0.3 is 0 Å². The lowest BCUT2D eigenvalue weighted by molar-refractivity contribution is -0.384. The molecule has 0 heterocycles. The first-order valence-electron chi connectivity index (χ1n) is 4.79. The van der Waals surface area contributed by atoms with Crippen LogP contribution in [0.4, 0.5) is 15.8 Å². The molecule has 0 radical (unpaired) electrons. The minimum Gasteiger partial charge on any atom is -0.379 e. The van der Waals surface area contributed by atoms with Crippen LogP contribution in [0.15, 0.2) is 16.6 Å². The minimum absolute atomic E-state index is 0.0919. The highest BCUT2D eigenvalue weighted by Gasteiger charge is 2.17. The van der Waals surface area contributed by atoms with Gasteiger partial charge in [-0.3, -0.25) is 10.1 Å². The summed E-state index contributed by atoms with van der Waals surface area (Å²) in [4.78, 5) is 10.2. The van der Waals surface area contributed by atoms with Crippen molar-refractivity contribution in [2.24, 2.45) is 5.92 Å². The van der Waals surface area contributed by atoms with Crippen molar-refractivity contribution in [3.8, 4) is 0 Å². The van der Waals surface area contributed by atoms with E-state index in [9.17, 15) is 14.5 Å². The Balaban J connectivity index is 3.05. The van der Waals surface area contributed by atoms with Crippen LogP contribution < -0.4 is 5.32 Å². The van der Waals surface area contributed by atoms with Crippen LogP contribution in [0.1, 0.15) is 13.8 Å². The molecule has 0 aliphatic rings. The number of anilines is 1. The van der Waals surface area contributed by atoms with Crippen LogP contribution in [0.25, 0.3) is 0 Å². The number of nitrogens with one attached hydrogen (secondary N) is 1. The summed E-state index contributed by atoms with van der Waals surface area (Å²) in [6, 6.07) is 2.29. The fourth-order valence-electron chi connectivity index (χ4n) is 1.14. The summed E-state index contributed by atoms with van der Waals surface area (Å²) < 4.78 is 13.3. The van der Waals surface area contributed by atoms with Crippen LogP contribution >= 0.6 is 15.9 Å². The Hall–Kier alpha value is -1.17. The van der Waals surface area contributed by atoms with E-state index >= 15 is 0 Å². The first-order valence-corrected chi connectivity index (χ1v) is 5.58. The predicted octanol–water partition coefficient (Wildman–Crippen LogP) is 3.56. The van der Waals surface area contributed by atoms with Crippen molar-refractivity contribution in [1.82, 2.24) is 0 Å². The molecule has 0 atom stereocenters. The maximum Gasteiger partial charge on any atom is 0.293 e. The molecule has 0 aliphatic heterocycles. The molecule has 16 heavy (non-hydrogen) atoms. The molecule has 4 nitrogen and oxygen atoms in total. The Morgan fingerprint density at radius 2 is 2.19 bits per heavy atom. The molecule has 0 aromatic heterocycles. The summed E-state index contributed by atoms with van der Waals surface area (Å²) in [5.41, 5.74) is 0.0772. The largest absolute Gasteiger partial charge is 0.379 e. The standard InChI is InChI=1S/C10H12BrFN2O2/c1-6(2)5-13-9-4-8(12)7(11)3-10(9)14(15)16/h3-4,6,13H,5H2,1-2H3. The van der Waals surface area contributed by atoms with E-state index in [1.54, 1.807) is 0 Å². The third-order valence-corrected chi connectivity index (χ3v) is 2.54. The summed E-state index contributed by atoms with van der Waals surface area (Å²) in [7, 11) is 0.